The predicted molar refractivity (Wildman–Crippen MR) is 61.8 cm³/mol. The van der Waals surface area contributed by atoms with E-state index in [1.54, 1.807) is 0 Å². The first-order valence-corrected chi connectivity index (χ1v) is 6.30. The number of nitrogens with zero attached hydrogens (tertiary/aromatic N) is 1. The van der Waals surface area contributed by atoms with Crippen LogP contribution >= 0.6 is 0 Å². The highest BCUT2D eigenvalue weighted by molar-refractivity contribution is 4.88. The number of nitrogens with two attached hydrogens (primary N) is 1. The SMILES string of the molecule is CCC1(CN2CCCC(N)CC2)COC1. The number of ether oxygens (including phenoxy) is 1. The van der Waals surface area contributed by atoms with Gasteiger partial charge >= 0.3 is 0 Å². The number of likely N-dealkylation sites (tertiary alicyclic amines) is 1. The molecule has 0 spiro atoms. The van der Waals surface area contributed by atoms with Crippen molar-refractivity contribution >= 4 is 0 Å². The Labute approximate surface area is 93.0 Å². The Hall–Kier alpha value is -0.120. The number of rotatable bonds is 3. The average molecular weight is 212 g/mol. The topological polar surface area (TPSA) is 38.5 Å². The van der Waals surface area contributed by atoms with E-state index in [0.717, 1.165) is 13.2 Å². The van der Waals surface area contributed by atoms with Crippen molar-refractivity contribution in [3.63, 3.8) is 0 Å². The first-order valence-electron chi connectivity index (χ1n) is 6.30. The van der Waals surface area contributed by atoms with Gasteiger partial charge in [-0.25, -0.2) is 0 Å². The van der Waals surface area contributed by atoms with Crippen molar-refractivity contribution in [1.82, 2.24) is 4.90 Å². The summed E-state index contributed by atoms with van der Waals surface area (Å²) < 4.78 is 5.37. The summed E-state index contributed by atoms with van der Waals surface area (Å²) in [5, 5.41) is 0. The fourth-order valence-electron chi connectivity index (χ4n) is 2.61. The summed E-state index contributed by atoms with van der Waals surface area (Å²) in [5.41, 5.74) is 6.46. The molecule has 3 heteroatoms. The van der Waals surface area contributed by atoms with Gasteiger partial charge in [-0.3, -0.25) is 0 Å². The van der Waals surface area contributed by atoms with Crippen LogP contribution in [0.15, 0.2) is 0 Å². The third-order valence-corrected chi connectivity index (χ3v) is 3.99. The highest BCUT2D eigenvalue weighted by atomic mass is 16.5. The minimum Gasteiger partial charge on any atom is -0.380 e. The van der Waals surface area contributed by atoms with Gasteiger partial charge in [-0.1, -0.05) is 6.92 Å². The molecule has 2 N–H and O–H groups in total. The molecule has 0 radical (unpaired) electrons. The first kappa shape index (κ1) is 11.4. The molecule has 2 fully saturated rings. The lowest BCUT2D eigenvalue weighted by Crippen LogP contribution is -2.50. The van der Waals surface area contributed by atoms with Gasteiger partial charge in [0.1, 0.15) is 0 Å². The molecule has 0 aromatic heterocycles. The quantitative estimate of drug-likeness (QED) is 0.764. The molecule has 0 saturated carbocycles. The van der Waals surface area contributed by atoms with E-state index >= 15 is 0 Å². The second kappa shape index (κ2) is 4.81. The highest BCUT2D eigenvalue weighted by Crippen LogP contribution is 2.32. The smallest absolute Gasteiger partial charge is 0.0557 e. The van der Waals surface area contributed by atoms with Gasteiger partial charge in [-0.2, -0.15) is 0 Å². The molecule has 1 atom stereocenters. The van der Waals surface area contributed by atoms with Crippen LogP contribution in [0.1, 0.15) is 32.6 Å². The van der Waals surface area contributed by atoms with Crippen molar-refractivity contribution in [1.29, 1.82) is 0 Å². The van der Waals surface area contributed by atoms with E-state index in [9.17, 15) is 0 Å². The maximum absolute atomic E-state index is 5.99. The van der Waals surface area contributed by atoms with Gasteiger partial charge in [0.2, 0.25) is 0 Å². The van der Waals surface area contributed by atoms with Crippen LogP contribution in [-0.2, 0) is 4.74 Å². The van der Waals surface area contributed by atoms with Crippen molar-refractivity contribution in [2.75, 3.05) is 32.8 Å². The van der Waals surface area contributed by atoms with Gasteiger partial charge in [0.25, 0.3) is 0 Å². The zero-order valence-electron chi connectivity index (χ0n) is 9.87. The average Bonchev–Trinajstić information content (AvgIpc) is 2.37. The lowest BCUT2D eigenvalue weighted by molar-refractivity contribution is -0.127. The molecule has 0 aliphatic carbocycles. The Morgan fingerprint density at radius 3 is 2.73 bits per heavy atom. The largest absolute Gasteiger partial charge is 0.380 e. The summed E-state index contributed by atoms with van der Waals surface area (Å²) >= 11 is 0. The van der Waals surface area contributed by atoms with E-state index in [4.69, 9.17) is 10.5 Å². The summed E-state index contributed by atoms with van der Waals surface area (Å²) in [6.45, 7) is 7.85. The Kier molecular flexibility index (Phi) is 3.65. The Bertz CT molecular complexity index is 198. The van der Waals surface area contributed by atoms with E-state index in [-0.39, 0.29) is 0 Å². The summed E-state index contributed by atoms with van der Waals surface area (Å²) in [6, 6.07) is 0.435. The van der Waals surface area contributed by atoms with Crippen molar-refractivity contribution in [3.05, 3.63) is 0 Å². The first-order chi connectivity index (χ1) is 7.24. The molecule has 2 heterocycles. The Morgan fingerprint density at radius 1 is 1.33 bits per heavy atom. The zero-order valence-corrected chi connectivity index (χ0v) is 9.87. The summed E-state index contributed by atoms with van der Waals surface area (Å²) in [7, 11) is 0. The fraction of sp³-hybridized carbons (Fsp3) is 1.00. The molecule has 0 amide bonds. The summed E-state index contributed by atoms with van der Waals surface area (Å²) in [4.78, 5) is 2.60. The molecule has 0 bridgehead atoms. The predicted octanol–water partition coefficient (Wildman–Crippen LogP) is 1.23. The highest BCUT2D eigenvalue weighted by Gasteiger charge is 2.38. The maximum atomic E-state index is 5.99. The molecule has 0 aromatic carbocycles. The maximum Gasteiger partial charge on any atom is 0.0557 e. The van der Waals surface area contributed by atoms with E-state index in [1.807, 2.05) is 0 Å². The van der Waals surface area contributed by atoms with E-state index in [0.29, 0.717) is 11.5 Å². The Balaban J connectivity index is 1.82. The van der Waals surface area contributed by atoms with Crippen LogP contribution < -0.4 is 5.73 Å². The minimum atomic E-state index is 0.435. The molecule has 0 aromatic rings. The molecule has 3 nitrogen and oxygen atoms in total. The molecule has 2 rings (SSSR count). The standard InChI is InChI=1S/C12H24N2O/c1-2-12(9-15-10-12)8-14-6-3-4-11(13)5-7-14/h11H,2-10,13H2,1H3. The van der Waals surface area contributed by atoms with Crippen LogP contribution in [0, 0.1) is 5.41 Å². The van der Waals surface area contributed by atoms with Gasteiger partial charge in [0, 0.05) is 18.0 Å². The van der Waals surface area contributed by atoms with Crippen molar-refractivity contribution in [2.45, 2.75) is 38.6 Å². The number of hydrogen-bond donors (Lipinski definition) is 1. The van der Waals surface area contributed by atoms with Crippen molar-refractivity contribution in [2.24, 2.45) is 11.1 Å². The van der Waals surface area contributed by atoms with E-state index < -0.39 is 0 Å². The molecule has 2 aliphatic heterocycles. The van der Waals surface area contributed by atoms with Crippen LogP contribution in [0.3, 0.4) is 0 Å². The minimum absolute atomic E-state index is 0.435. The van der Waals surface area contributed by atoms with Crippen LogP contribution in [0.2, 0.25) is 0 Å². The second-order valence-corrected chi connectivity index (χ2v) is 5.31. The van der Waals surface area contributed by atoms with Gasteiger partial charge in [0.15, 0.2) is 0 Å². The molecule has 1 unspecified atom stereocenters. The molecular formula is C12H24N2O. The monoisotopic (exact) mass is 212 g/mol. The summed E-state index contributed by atoms with van der Waals surface area (Å²) in [6.07, 6.45) is 4.88. The second-order valence-electron chi connectivity index (χ2n) is 5.31. The summed E-state index contributed by atoms with van der Waals surface area (Å²) in [5.74, 6) is 0. The van der Waals surface area contributed by atoms with E-state index in [1.165, 1.54) is 45.3 Å². The van der Waals surface area contributed by atoms with Gasteiger partial charge in [-0.05, 0) is 38.8 Å². The molecule has 15 heavy (non-hydrogen) atoms. The van der Waals surface area contributed by atoms with Crippen LogP contribution in [0.25, 0.3) is 0 Å². The number of hydrogen-bond acceptors (Lipinski definition) is 3. The lowest BCUT2D eigenvalue weighted by atomic mass is 9.82. The lowest BCUT2D eigenvalue weighted by Gasteiger charge is -2.44. The van der Waals surface area contributed by atoms with Crippen molar-refractivity contribution < 1.29 is 4.74 Å². The molecule has 2 aliphatic rings. The third-order valence-electron chi connectivity index (χ3n) is 3.99. The van der Waals surface area contributed by atoms with Gasteiger partial charge in [0.05, 0.1) is 13.2 Å². The molecule has 2 saturated heterocycles. The Morgan fingerprint density at radius 2 is 2.13 bits per heavy atom. The molecular weight excluding hydrogens is 188 g/mol. The zero-order chi connectivity index (χ0) is 10.7. The third kappa shape index (κ3) is 2.71. The van der Waals surface area contributed by atoms with Crippen LogP contribution in [0.5, 0.6) is 0 Å². The normalized spacial score (nSPS) is 32.0. The van der Waals surface area contributed by atoms with Crippen LogP contribution in [-0.4, -0.2) is 43.8 Å². The van der Waals surface area contributed by atoms with Gasteiger partial charge in [-0.15, -0.1) is 0 Å². The van der Waals surface area contributed by atoms with Gasteiger partial charge < -0.3 is 15.4 Å². The fourth-order valence-corrected chi connectivity index (χ4v) is 2.61. The van der Waals surface area contributed by atoms with Crippen LogP contribution in [0.4, 0.5) is 0 Å². The molecule has 88 valence electrons. The van der Waals surface area contributed by atoms with E-state index in [2.05, 4.69) is 11.8 Å². The van der Waals surface area contributed by atoms with Crippen molar-refractivity contribution in [3.8, 4) is 0 Å².